The Balaban J connectivity index is 5.16. The van der Waals surface area contributed by atoms with Gasteiger partial charge in [-0.1, -0.05) is 26.3 Å². The standard InChI is InChI=1S/C12H20O4Si/c1-9(2)13-17(14-10(3)4,15-11(5)6)16-12(7)8/h1,3,5,7H2,2,4,6,8H3. The predicted octanol–water partition coefficient (Wildman–Crippen LogP) is 3.62. The molecule has 0 aromatic rings. The quantitative estimate of drug-likeness (QED) is 0.491. The third-order valence-corrected chi connectivity index (χ3v) is 3.59. The van der Waals surface area contributed by atoms with Crippen molar-refractivity contribution in [3.8, 4) is 0 Å². The maximum absolute atomic E-state index is 5.47. The van der Waals surface area contributed by atoms with Crippen molar-refractivity contribution in [2.24, 2.45) is 0 Å². The Morgan fingerprint density at radius 2 is 0.765 bits per heavy atom. The fourth-order valence-electron chi connectivity index (χ4n) is 0.979. The largest absolute Gasteiger partial charge is 0.965 e. The van der Waals surface area contributed by atoms with Crippen molar-refractivity contribution in [1.82, 2.24) is 0 Å². The molecule has 0 aromatic carbocycles. The summed E-state index contributed by atoms with van der Waals surface area (Å²) in [5, 5.41) is 0. The van der Waals surface area contributed by atoms with E-state index in [1.54, 1.807) is 27.7 Å². The molecule has 4 nitrogen and oxygen atoms in total. The summed E-state index contributed by atoms with van der Waals surface area (Å²) in [5.41, 5.74) is 0. The van der Waals surface area contributed by atoms with E-state index in [4.69, 9.17) is 17.7 Å². The maximum atomic E-state index is 5.47. The molecule has 5 heteroatoms. The van der Waals surface area contributed by atoms with Crippen molar-refractivity contribution in [3.63, 3.8) is 0 Å². The summed E-state index contributed by atoms with van der Waals surface area (Å²) in [7, 11) is -3.45. The summed E-state index contributed by atoms with van der Waals surface area (Å²) >= 11 is 0. The van der Waals surface area contributed by atoms with Gasteiger partial charge in [-0.2, -0.15) is 0 Å². The first-order valence-corrected chi connectivity index (χ1v) is 6.68. The Kier molecular flexibility index (Phi) is 5.60. The Hall–Kier alpha value is -1.62. The number of hydrogen-bond acceptors (Lipinski definition) is 4. The summed E-state index contributed by atoms with van der Waals surface area (Å²) < 4.78 is 21.9. The minimum Gasteiger partial charge on any atom is -0.457 e. The summed E-state index contributed by atoms with van der Waals surface area (Å²) in [6, 6.07) is 0. The molecule has 0 rings (SSSR count). The van der Waals surface area contributed by atoms with Gasteiger partial charge >= 0.3 is 9.05 Å². The van der Waals surface area contributed by atoms with Gasteiger partial charge in [-0.3, -0.25) is 0 Å². The SMILES string of the molecule is C=C(C)O[Si](OC(=C)C)(OC(=C)C)OC(=C)C. The van der Waals surface area contributed by atoms with Crippen LogP contribution in [0, 0.1) is 0 Å². The lowest BCUT2D eigenvalue weighted by Gasteiger charge is -2.28. The summed E-state index contributed by atoms with van der Waals surface area (Å²) in [6.45, 7) is 21.3. The van der Waals surface area contributed by atoms with Gasteiger partial charge in [-0.05, 0) is 27.7 Å². The van der Waals surface area contributed by atoms with Gasteiger partial charge in [0.25, 0.3) is 0 Å². The number of hydrogen-bond donors (Lipinski definition) is 0. The van der Waals surface area contributed by atoms with Gasteiger partial charge < -0.3 is 17.7 Å². The van der Waals surface area contributed by atoms with Gasteiger partial charge in [0.15, 0.2) is 0 Å². The van der Waals surface area contributed by atoms with Crippen LogP contribution in [0.15, 0.2) is 49.4 Å². The second-order valence-electron chi connectivity index (χ2n) is 3.72. The highest BCUT2D eigenvalue weighted by Crippen LogP contribution is 2.23. The minimum absolute atomic E-state index is 0.417. The van der Waals surface area contributed by atoms with Crippen LogP contribution >= 0.6 is 0 Å². The summed E-state index contributed by atoms with van der Waals surface area (Å²) in [5.74, 6) is 1.67. The summed E-state index contributed by atoms with van der Waals surface area (Å²) in [4.78, 5) is 0. The van der Waals surface area contributed by atoms with E-state index in [1.165, 1.54) is 0 Å². The number of allylic oxidation sites excluding steroid dienone is 4. The average Bonchev–Trinajstić information content (AvgIpc) is 1.95. The van der Waals surface area contributed by atoms with Crippen LogP contribution in [0.3, 0.4) is 0 Å². The molecule has 96 valence electrons. The fourth-order valence-corrected chi connectivity index (χ4v) is 2.94. The van der Waals surface area contributed by atoms with E-state index in [1.807, 2.05) is 0 Å². The molecule has 0 saturated carbocycles. The molecule has 0 unspecified atom stereocenters. The molecule has 0 fully saturated rings. The molecule has 0 amide bonds. The van der Waals surface area contributed by atoms with Crippen LogP contribution < -0.4 is 0 Å². The van der Waals surface area contributed by atoms with E-state index < -0.39 is 9.05 Å². The van der Waals surface area contributed by atoms with Crippen molar-refractivity contribution in [1.29, 1.82) is 0 Å². The molecule has 0 bridgehead atoms. The van der Waals surface area contributed by atoms with Gasteiger partial charge in [0.1, 0.15) is 0 Å². The fraction of sp³-hybridized carbons (Fsp3) is 0.333. The molecule has 0 aliphatic heterocycles. The van der Waals surface area contributed by atoms with E-state index in [0.29, 0.717) is 23.0 Å². The highest BCUT2D eigenvalue weighted by Gasteiger charge is 2.57. The normalized spacial score (nSPS) is 10.1. The Bertz CT molecular complexity index is 277. The molecule has 0 saturated heterocycles. The van der Waals surface area contributed by atoms with Crippen LogP contribution in [0.4, 0.5) is 0 Å². The smallest absolute Gasteiger partial charge is 0.457 e. The Morgan fingerprint density at radius 3 is 0.882 bits per heavy atom. The average molecular weight is 256 g/mol. The third-order valence-electron chi connectivity index (χ3n) is 1.20. The van der Waals surface area contributed by atoms with Gasteiger partial charge in [0.2, 0.25) is 0 Å². The number of rotatable bonds is 8. The van der Waals surface area contributed by atoms with Crippen LogP contribution in [0.5, 0.6) is 0 Å². The topological polar surface area (TPSA) is 36.9 Å². The van der Waals surface area contributed by atoms with E-state index in [2.05, 4.69) is 26.3 Å². The second kappa shape index (κ2) is 6.20. The summed E-state index contributed by atoms with van der Waals surface area (Å²) in [6.07, 6.45) is 0. The molecule has 0 radical (unpaired) electrons. The van der Waals surface area contributed by atoms with Crippen LogP contribution in [0.2, 0.25) is 0 Å². The molecule has 0 atom stereocenters. The first-order valence-electron chi connectivity index (χ1n) is 5.05. The molecular formula is C12H20O4Si. The lowest BCUT2D eigenvalue weighted by molar-refractivity contribution is 0.0445. The van der Waals surface area contributed by atoms with Gasteiger partial charge in [0.05, 0.1) is 23.0 Å². The van der Waals surface area contributed by atoms with Gasteiger partial charge in [-0.15, -0.1) is 0 Å². The monoisotopic (exact) mass is 256 g/mol. The van der Waals surface area contributed by atoms with E-state index in [9.17, 15) is 0 Å². The van der Waals surface area contributed by atoms with E-state index in [-0.39, 0.29) is 0 Å². The molecule has 0 N–H and O–H groups in total. The molecule has 0 aliphatic carbocycles. The second-order valence-corrected chi connectivity index (χ2v) is 5.53. The van der Waals surface area contributed by atoms with Crippen LogP contribution in [-0.4, -0.2) is 9.05 Å². The third kappa shape index (κ3) is 6.52. The highest BCUT2D eigenvalue weighted by atomic mass is 28.4. The van der Waals surface area contributed by atoms with Crippen LogP contribution in [-0.2, 0) is 17.7 Å². The van der Waals surface area contributed by atoms with Crippen molar-refractivity contribution in [3.05, 3.63) is 49.4 Å². The van der Waals surface area contributed by atoms with Crippen LogP contribution in [0.1, 0.15) is 27.7 Å². The molecular weight excluding hydrogens is 236 g/mol. The molecule has 17 heavy (non-hydrogen) atoms. The van der Waals surface area contributed by atoms with Crippen molar-refractivity contribution < 1.29 is 17.7 Å². The maximum Gasteiger partial charge on any atom is 0.965 e. The van der Waals surface area contributed by atoms with Crippen molar-refractivity contribution >= 4 is 9.05 Å². The zero-order chi connectivity index (χ0) is 13.6. The lowest BCUT2D eigenvalue weighted by atomic mass is 10.7. The predicted molar refractivity (Wildman–Crippen MR) is 69.4 cm³/mol. The van der Waals surface area contributed by atoms with E-state index in [0.717, 1.165) is 0 Å². The van der Waals surface area contributed by atoms with Gasteiger partial charge in [0, 0.05) is 0 Å². The Labute approximate surface area is 104 Å². The van der Waals surface area contributed by atoms with Crippen molar-refractivity contribution in [2.45, 2.75) is 27.7 Å². The zero-order valence-electron chi connectivity index (χ0n) is 11.0. The van der Waals surface area contributed by atoms with Crippen molar-refractivity contribution in [2.75, 3.05) is 0 Å². The molecule has 0 spiro atoms. The van der Waals surface area contributed by atoms with Crippen LogP contribution in [0.25, 0.3) is 0 Å². The zero-order valence-corrected chi connectivity index (χ0v) is 12.0. The van der Waals surface area contributed by atoms with E-state index >= 15 is 0 Å². The Morgan fingerprint density at radius 1 is 0.588 bits per heavy atom. The lowest BCUT2D eigenvalue weighted by Crippen LogP contribution is -2.47. The molecule has 0 aliphatic rings. The highest BCUT2D eigenvalue weighted by molar-refractivity contribution is 6.54. The first kappa shape index (κ1) is 15.4. The minimum atomic E-state index is -3.45. The molecule has 0 aromatic heterocycles. The first-order chi connectivity index (χ1) is 7.67. The molecule has 0 heterocycles. The van der Waals surface area contributed by atoms with Gasteiger partial charge in [-0.25, -0.2) is 0 Å².